The summed E-state index contributed by atoms with van der Waals surface area (Å²) in [5.41, 5.74) is 3.84. The number of hydrogen-bond donors (Lipinski definition) is 1. The van der Waals surface area contributed by atoms with Crippen molar-refractivity contribution in [2.75, 3.05) is 0 Å². The molecular weight excluding hydrogens is 248 g/mol. The standard InChI is InChI=1S/C17H28N2O/c1-5-13(4)18-10-15-9-14-7-6-8-16(14)19(17(15)20)11-12(2)3/h9,12-13,18H,5-8,10-11H2,1-4H3. The normalized spacial score (nSPS) is 15.7. The van der Waals surface area contributed by atoms with Crippen molar-refractivity contribution in [3.8, 4) is 0 Å². The summed E-state index contributed by atoms with van der Waals surface area (Å²) in [5.74, 6) is 0.509. The maximum atomic E-state index is 12.7. The Bertz CT molecular complexity index is 516. The quantitative estimate of drug-likeness (QED) is 0.867. The van der Waals surface area contributed by atoms with Crippen molar-refractivity contribution in [3.63, 3.8) is 0 Å². The van der Waals surface area contributed by atoms with Crippen molar-refractivity contribution < 1.29 is 0 Å². The average molecular weight is 276 g/mol. The number of rotatable bonds is 6. The first-order valence-corrected chi connectivity index (χ1v) is 8.00. The topological polar surface area (TPSA) is 34.0 Å². The lowest BCUT2D eigenvalue weighted by molar-refractivity contribution is 0.487. The second-order valence-corrected chi connectivity index (χ2v) is 6.49. The molecule has 0 aliphatic heterocycles. The van der Waals surface area contributed by atoms with Crippen LogP contribution in [0.1, 0.15) is 57.4 Å². The first kappa shape index (κ1) is 15.3. The monoisotopic (exact) mass is 276 g/mol. The Kier molecular flexibility index (Phi) is 5.03. The smallest absolute Gasteiger partial charge is 0.255 e. The summed E-state index contributed by atoms with van der Waals surface area (Å²) in [6.45, 7) is 10.2. The van der Waals surface area contributed by atoms with Crippen LogP contribution in [0.3, 0.4) is 0 Å². The lowest BCUT2D eigenvalue weighted by Gasteiger charge is -2.18. The fourth-order valence-corrected chi connectivity index (χ4v) is 2.90. The van der Waals surface area contributed by atoms with E-state index in [0.717, 1.165) is 31.4 Å². The Morgan fingerprint density at radius 3 is 2.70 bits per heavy atom. The minimum Gasteiger partial charge on any atom is -0.312 e. The molecule has 2 rings (SSSR count). The Labute approximate surface area is 122 Å². The second kappa shape index (κ2) is 6.57. The molecule has 112 valence electrons. The highest BCUT2D eigenvalue weighted by molar-refractivity contribution is 5.30. The van der Waals surface area contributed by atoms with Crippen LogP contribution in [-0.4, -0.2) is 10.6 Å². The molecule has 1 N–H and O–H groups in total. The molecule has 0 amide bonds. The van der Waals surface area contributed by atoms with Gasteiger partial charge in [0.1, 0.15) is 0 Å². The van der Waals surface area contributed by atoms with Crippen LogP contribution in [0.25, 0.3) is 0 Å². The Balaban J connectivity index is 2.31. The molecule has 3 nitrogen and oxygen atoms in total. The number of pyridine rings is 1. The largest absolute Gasteiger partial charge is 0.312 e. The molecule has 0 radical (unpaired) electrons. The van der Waals surface area contributed by atoms with Crippen LogP contribution in [0.4, 0.5) is 0 Å². The van der Waals surface area contributed by atoms with E-state index in [0.29, 0.717) is 18.5 Å². The van der Waals surface area contributed by atoms with E-state index in [2.05, 4.69) is 39.1 Å². The molecule has 1 unspecified atom stereocenters. The predicted octanol–water partition coefficient (Wildman–Crippen LogP) is 2.88. The molecule has 20 heavy (non-hydrogen) atoms. The fraction of sp³-hybridized carbons (Fsp3) is 0.706. The zero-order chi connectivity index (χ0) is 14.7. The molecule has 0 bridgehead atoms. The summed E-state index contributed by atoms with van der Waals surface area (Å²) in [5, 5.41) is 3.45. The molecule has 0 saturated carbocycles. The maximum absolute atomic E-state index is 12.7. The van der Waals surface area contributed by atoms with E-state index in [9.17, 15) is 4.79 Å². The maximum Gasteiger partial charge on any atom is 0.255 e. The van der Waals surface area contributed by atoms with Gasteiger partial charge >= 0.3 is 0 Å². The summed E-state index contributed by atoms with van der Waals surface area (Å²) in [4.78, 5) is 12.7. The first-order chi connectivity index (χ1) is 9.52. The van der Waals surface area contributed by atoms with Gasteiger partial charge in [-0.05, 0) is 50.2 Å². The van der Waals surface area contributed by atoms with Gasteiger partial charge in [0, 0.05) is 30.4 Å². The summed E-state index contributed by atoms with van der Waals surface area (Å²) in [7, 11) is 0. The highest BCUT2D eigenvalue weighted by atomic mass is 16.1. The average Bonchev–Trinajstić information content (AvgIpc) is 2.87. The molecule has 0 spiro atoms. The molecule has 0 aromatic carbocycles. The van der Waals surface area contributed by atoms with Crippen LogP contribution in [0.5, 0.6) is 0 Å². The SMILES string of the molecule is CCC(C)NCc1cc2c(n(CC(C)C)c1=O)CCC2. The third kappa shape index (κ3) is 3.32. The number of hydrogen-bond acceptors (Lipinski definition) is 2. The van der Waals surface area contributed by atoms with E-state index < -0.39 is 0 Å². The second-order valence-electron chi connectivity index (χ2n) is 6.49. The Hall–Kier alpha value is -1.09. The van der Waals surface area contributed by atoms with E-state index in [1.54, 1.807) is 0 Å². The number of aromatic nitrogens is 1. The van der Waals surface area contributed by atoms with Gasteiger partial charge in [-0.15, -0.1) is 0 Å². The molecular formula is C17H28N2O. The van der Waals surface area contributed by atoms with Crippen LogP contribution in [0.2, 0.25) is 0 Å². The summed E-state index contributed by atoms with van der Waals surface area (Å²) in [6.07, 6.45) is 4.47. The summed E-state index contributed by atoms with van der Waals surface area (Å²) < 4.78 is 2.04. The zero-order valence-electron chi connectivity index (χ0n) is 13.3. The molecule has 0 fully saturated rings. The van der Waals surface area contributed by atoms with Crippen molar-refractivity contribution in [1.29, 1.82) is 0 Å². The molecule has 1 aliphatic carbocycles. The van der Waals surface area contributed by atoms with Crippen molar-refractivity contribution >= 4 is 0 Å². The third-order valence-electron chi connectivity index (χ3n) is 4.23. The highest BCUT2D eigenvalue weighted by Gasteiger charge is 2.19. The van der Waals surface area contributed by atoms with Crippen molar-refractivity contribution in [2.24, 2.45) is 5.92 Å². The van der Waals surface area contributed by atoms with Gasteiger partial charge < -0.3 is 9.88 Å². The minimum atomic E-state index is 0.218. The Morgan fingerprint density at radius 2 is 2.05 bits per heavy atom. The van der Waals surface area contributed by atoms with E-state index in [1.807, 2.05) is 4.57 Å². The minimum absolute atomic E-state index is 0.218. The van der Waals surface area contributed by atoms with Crippen LogP contribution in [0, 0.1) is 5.92 Å². The molecule has 0 saturated heterocycles. The van der Waals surface area contributed by atoms with Gasteiger partial charge in [0.2, 0.25) is 0 Å². The molecule has 1 heterocycles. The molecule has 1 aliphatic rings. The molecule has 3 heteroatoms. The number of nitrogens with one attached hydrogen (secondary N) is 1. The predicted molar refractivity (Wildman–Crippen MR) is 84.2 cm³/mol. The van der Waals surface area contributed by atoms with Gasteiger partial charge in [-0.2, -0.15) is 0 Å². The van der Waals surface area contributed by atoms with Gasteiger partial charge in [-0.25, -0.2) is 0 Å². The van der Waals surface area contributed by atoms with Crippen LogP contribution in [0.15, 0.2) is 10.9 Å². The van der Waals surface area contributed by atoms with Gasteiger partial charge in [0.05, 0.1) is 0 Å². The fourth-order valence-electron chi connectivity index (χ4n) is 2.90. The summed E-state index contributed by atoms with van der Waals surface area (Å²) >= 11 is 0. The lowest BCUT2D eigenvalue weighted by Crippen LogP contribution is -2.33. The third-order valence-corrected chi connectivity index (χ3v) is 4.23. The molecule has 1 aromatic heterocycles. The first-order valence-electron chi connectivity index (χ1n) is 8.00. The zero-order valence-corrected chi connectivity index (χ0v) is 13.3. The van der Waals surface area contributed by atoms with E-state index >= 15 is 0 Å². The van der Waals surface area contributed by atoms with Gasteiger partial charge in [-0.1, -0.05) is 20.8 Å². The van der Waals surface area contributed by atoms with Crippen molar-refractivity contribution in [3.05, 3.63) is 33.2 Å². The Morgan fingerprint density at radius 1 is 1.30 bits per heavy atom. The van der Waals surface area contributed by atoms with Crippen LogP contribution in [-0.2, 0) is 25.9 Å². The number of fused-ring (bicyclic) bond motifs is 1. The van der Waals surface area contributed by atoms with Crippen LogP contribution < -0.4 is 10.9 Å². The summed E-state index contributed by atoms with van der Waals surface area (Å²) in [6, 6.07) is 2.61. The van der Waals surface area contributed by atoms with Crippen molar-refractivity contribution in [2.45, 2.75) is 72.5 Å². The molecule has 1 aromatic rings. The van der Waals surface area contributed by atoms with E-state index in [4.69, 9.17) is 0 Å². The van der Waals surface area contributed by atoms with Crippen molar-refractivity contribution in [1.82, 2.24) is 9.88 Å². The lowest BCUT2D eigenvalue weighted by atomic mass is 10.1. The van der Waals surface area contributed by atoms with Gasteiger partial charge in [0.25, 0.3) is 5.56 Å². The van der Waals surface area contributed by atoms with Gasteiger partial charge in [0.15, 0.2) is 0 Å². The van der Waals surface area contributed by atoms with E-state index in [1.165, 1.54) is 17.7 Å². The molecule has 1 atom stereocenters. The van der Waals surface area contributed by atoms with Crippen LogP contribution >= 0.6 is 0 Å². The number of nitrogens with zero attached hydrogens (tertiary/aromatic N) is 1. The van der Waals surface area contributed by atoms with Gasteiger partial charge in [-0.3, -0.25) is 4.79 Å². The van der Waals surface area contributed by atoms with E-state index in [-0.39, 0.29) is 5.56 Å². The highest BCUT2D eigenvalue weighted by Crippen LogP contribution is 2.22. The number of aryl methyl sites for hydroxylation is 1.